The highest BCUT2D eigenvalue weighted by Crippen LogP contribution is 2.21. The van der Waals surface area contributed by atoms with E-state index in [-0.39, 0.29) is 5.82 Å². The molecule has 29 heavy (non-hydrogen) atoms. The van der Waals surface area contributed by atoms with Crippen LogP contribution in [0.2, 0.25) is 0 Å². The predicted octanol–water partition coefficient (Wildman–Crippen LogP) is 3.98. The number of benzene rings is 1. The fourth-order valence-electron chi connectivity index (χ4n) is 3.29. The normalized spacial score (nSPS) is 15.4. The lowest BCUT2D eigenvalue weighted by atomic mass is 10.1. The van der Waals surface area contributed by atoms with Crippen LogP contribution < -0.4 is 10.1 Å². The van der Waals surface area contributed by atoms with Gasteiger partial charge < -0.3 is 19.7 Å². The van der Waals surface area contributed by atoms with E-state index in [4.69, 9.17) is 14.5 Å². The smallest absolute Gasteiger partial charge is 0.219 e. The van der Waals surface area contributed by atoms with E-state index >= 15 is 0 Å². The summed E-state index contributed by atoms with van der Waals surface area (Å²) < 4.78 is 24.5. The van der Waals surface area contributed by atoms with Crippen LogP contribution in [-0.2, 0) is 11.3 Å². The fraction of sp³-hybridized carbons (Fsp3) is 0.455. The van der Waals surface area contributed by atoms with E-state index in [0.29, 0.717) is 24.3 Å². The third-order valence-corrected chi connectivity index (χ3v) is 4.73. The van der Waals surface area contributed by atoms with Crippen LogP contribution in [0.25, 0.3) is 0 Å². The van der Waals surface area contributed by atoms with Crippen molar-refractivity contribution >= 4 is 5.96 Å². The van der Waals surface area contributed by atoms with Crippen LogP contribution in [0.15, 0.2) is 47.6 Å². The van der Waals surface area contributed by atoms with Gasteiger partial charge in [0.2, 0.25) is 5.88 Å². The Balaban J connectivity index is 1.62. The second-order valence-electron chi connectivity index (χ2n) is 6.87. The van der Waals surface area contributed by atoms with Gasteiger partial charge in [-0.05, 0) is 62.6 Å². The summed E-state index contributed by atoms with van der Waals surface area (Å²) in [5, 5.41) is 3.38. The molecule has 0 atom stereocenters. The van der Waals surface area contributed by atoms with Crippen molar-refractivity contribution in [1.82, 2.24) is 15.2 Å². The average Bonchev–Trinajstić information content (AvgIpc) is 2.74. The minimum absolute atomic E-state index is 0.297. The molecule has 1 saturated heterocycles. The highest BCUT2D eigenvalue weighted by atomic mass is 19.1. The predicted molar refractivity (Wildman–Crippen MR) is 112 cm³/mol. The highest BCUT2D eigenvalue weighted by molar-refractivity contribution is 5.80. The number of aliphatic imine (C=N–C) groups is 1. The summed E-state index contributed by atoms with van der Waals surface area (Å²) in [5.41, 5.74) is 0.997. The number of halogens is 1. The van der Waals surface area contributed by atoms with Crippen molar-refractivity contribution in [3.05, 3.63) is 54.0 Å². The van der Waals surface area contributed by atoms with E-state index in [1.807, 2.05) is 19.1 Å². The summed E-state index contributed by atoms with van der Waals surface area (Å²) in [6.45, 7) is 8.10. The number of hydrogen-bond acceptors (Lipinski definition) is 4. The minimum atomic E-state index is -0.297. The summed E-state index contributed by atoms with van der Waals surface area (Å²) in [6, 6.07) is 9.67. The zero-order valence-corrected chi connectivity index (χ0v) is 17.1. The Morgan fingerprint density at radius 3 is 2.66 bits per heavy atom. The Labute approximate surface area is 171 Å². The van der Waals surface area contributed by atoms with E-state index in [2.05, 4.69) is 22.1 Å². The lowest BCUT2D eigenvalue weighted by Crippen LogP contribution is -2.47. The van der Waals surface area contributed by atoms with Crippen molar-refractivity contribution in [1.29, 1.82) is 0 Å². The largest absolute Gasteiger partial charge is 0.439 e. The van der Waals surface area contributed by atoms with Crippen LogP contribution in [0.5, 0.6) is 11.6 Å². The molecule has 0 radical (unpaired) electrons. The van der Waals surface area contributed by atoms with Gasteiger partial charge in [-0.1, -0.05) is 0 Å². The van der Waals surface area contributed by atoms with Gasteiger partial charge >= 0.3 is 0 Å². The van der Waals surface area contributed by atoms with Crippen LogP contribution in [0.4, 0.5) is 4.39 Å². The second kappa shape index (κ2) is 10.8. The Morgan fingerprint density at radius 1 is 1.21 bits per heavy atom. The first kappa shape index (κ1) is 21.0. The standard InChI is InChI=1S/C22H29FN4O2/c1-3-24-22(27-13-10-19(11-14-27)28-4-2)26-16-17-9-12-25-21(15-17)29-20-7-5-18(23)6-8-20/h5-9,12,15,19H,3-4,10-11,13-14,16H2,1-2H3,(H,24,26). The Morgan fingerprint density at radius 2 is 1.97 bits per heavy atom. The molecule has 1 aromatic heterocycles. The van der Waals surface area contributed by atoms with Gasteiger partial charge in [-0.25, -0.2) is 14.4 Å². The van der Waals surface area contributed by atoms with Crippen molar-refractivity contribution in [2.24, 2.45) is 4.99 Å². The number of pyridine rings is 1. The van der Waals surface area contributed by atoms with Crippen LogP contribution >= 0.6 is 0 Å². The molecular formula is C22H29FN4O2. The molecule has 7 heteroatoms. The number of hydrogen-bond donors (Lipinski definition) is 1. The van der Waals surface area contributed by atoms with Gasteiger partial charge in [0.15, 0.2) is 5.96 Å². The van der Waals surface area contributed by atoms with Crippen molar-refractivity contribution < 1.29 is 13.9 Å². The molecule has 6 nitrogen and oxygen atoms in total. The number of nitrogens with zero attached hydrogens (tertiary/aromatic N) is 3. The Kier molecular flexibility index (Phi) is 7.81. The van der Waals surface area contributed by atoms with Gasteiger partial charge in [0.25, 0.3) is 0 Å². The molecule has 0 bridgehead atoms. The maximum Gasteiger partial charge on any atom is 0.219 e. The third-order valence-electron chi connectivity index (χ3n) is 4.73. The fourth-order valence-corrected chi connectivity index (χ4v) is 3.29. The zero-order valence-electron chi connectivity index (χ0n) is 17.1. The molecule has 1 N–H and O–H groups in total. The summed E-state index contributed by atoms with van der Waals surface area (Å²) in [6.07, 6.45) is 4.08. The van der Waals surface area contributed by atoms with Crippen molar-refractivity contribution in [3.63, 3.8) is 0 Å². The first-order valence-electron chi connectivity index (χ1n) is 10.2. The van der Waals surface area contributed by atoms with Gasteiger partial charge in [-0.3, -0.25) is 0 Å². The SMILES string of the molecule is CCNC(=NCc1ccnc(Oc2ccc(F)cc2)c1)N1CCC(OCC)CC1. The first-order valence-corrected chi connectivity index (χ1v) is 10.2. The molecule has 1 aromatic carbocycles. The number of piperidine rings is 1. The number of guanidine groups is 1. The summed E-state index contributed by atoms with van der Waals surface area (Å²) in [4.78, 5) is 11.3. The molecule has 1 fully saturated rings. The van der Waals surface area contributed by atoms with Gasteiger partial charge in [-0.2, -0.15) is 0 Å². The molecule has 1 aliphatic heterocycles. The molecule has 156 valence electrons. The van der Waals surface area contributed by atoms with E-state index < -0.39 is 0 Å². The Hall–Kier alpha value is -2.67. The molecule has 0 aliphatic carbocycles. The van der Waals surface area contributed by atoms with Crippen LogP contribution in [0, 0.1) is 5.82 Å². The average molecular weight is 400 g/mol. The van der Waals surface area contributed by atoms with Gasteiger partial charge in [-0.15, -0.1) is 0 Å². The third kappa shape index (κ3) is 6.42. The lowest BCUT2D eigenvalue weighted by molar-refractivity contribution is 0.0263. The molecule has 0 unspecified atom stereocenters. The van der Waals surface area contributed by atoms with Gasteiger partial charge in [0.05, 0.1) is 12.6 Å². The summed E-state index contributed by atoms with van der Waals surface area (Å²) >= 11 is 0. The lowest BCUT2D eigenvalue weighted by Gasteiger charge is -2.34. The highest BCUT2D eigenvalue weighted by Gasteiger charge is 2.21. The van der Waals surface area contributed by atoms with Crippen molar-refractivity contribution in [2.75, 3.05) is 26.2 Å². The first-order chi connectivity index (χ1) is 14.2. The molecule has 2 heterocycles. The van der Waals surface area contributed by atoms with Gasteiger partial charge in [0.1, 0.15) is 11.6 Å². The van der Waals surface area contributed by atoms with Gasteiger partial charge in [0, 0.05) is 38.5 Å². The van der Waals surface area contributed by atoms with Crippen LogP contribution in [0.3, 0.4) is 0 Å². The van der Waals surface area contributed by atoms with E-state index in [1.165, 1.54) is 12.1 Å². The molecule has 0 amide bonds. The number of nitrogens with one attached hydrogen (secondary N) is 1. The van der Waals surface area contributed by atoms with E-state index in [9.17, 15) is 4.39 Å². The topological polar surface area (TPSA) is 59.0 Å². The van der Waals surface area contributed by atoms with Crippen LogP contribution in [-0.4, -0.2) is 48.2 Å². The molecule has 1 aliphatic rings. The summed E-state index contributed by atoms with van der Waals surface area (Å²) in [5.74, 6) is 1.63. The molecule has 2 aromatic rings. The maximum atomic E-state index is 13.0. The second-order valence-corrected chi connectivity index (χ2v) is 6.87. The quantitative estimate of drug-likeness (QED) is 0.563. The monoisotopic (exact) mass is 400 g/mol. The van der Waals surface area contributed by atoms with E-state index in [1.54, 1.807) is 18.3 Å². The molecule has 0 spiro atoms. The Bertz CT molecular complexity index is 790. The molecule has 0 saturated carbocycles. The zero-order chi connectivity index (χ0) is 20.5. The van der Waals surface area contributed by atoms with Crippen molar-refractivity contribution in [3.8, 4) is 11.6 Å². The van der Waals surface area contributed by atoms with E-state index in [0.717, 1.165) is 50.6 Å². The van der Waals surface area contributed by atoms with Crippen LogP contribution in [0.1, 0.15) is 32.3 Å². The van der Waals surface area contributed by atoms with Crippen molar-refractivity contribution in [2.45, 2.75) is 39.3 Å². The summed E-state index contributed by atoms with van der Waals surface area (Å²) in [7, 11) is 0. The number of ether oxygens (including phenoxy) is 2. The maximum absolute atomic E-state index is 13.0. The number of rotatable bonds is 7. The molecular weight excluding hydrogens is 371 g/mol. The molecule has 3 rings (SSSR count). The minimum Gasteiger partial charge on any atom is -0.439 e. The number of aromatic nitrogens is 1. The number of likely N-dealkylation sites (tertiary alicyclic amines) is 1.